The number of anilines is 1. The van der Waals surface area contributed by atoms with E-state index < -0.39 is 0 Å². The standard InChI is InChI=1S/C25H18BrCl2N3O2/c26-15-5-8-21-18(9-15)19-11-24(33)31(22-10-16(27)6-7-17(22)25(19)30-21)13-23(32)29-12-14-3-1-2-4-20(14)28/h1-10,30H,11-13H2,(H,29,32). The van der Waals surface area contributed by atoms with Crippen molar-refractivity contribution in [3.8, 4) is 11.3 Å². The van der Waals surface area contributed by atoms with Crippen LogP contribution in [-0.2, 0) is 22.6 Å². The maximum absolute atomic E-state index is 13.4. The summed E-state index contributed by atoms with van der Waals surface area (Å²) in [5.41, 5.74) is 4.95. The van der Waals surface area contributed by atoms with Crippen molar-refractivity contribution in [1.29, 1.82) is 0 Å². The van der Waals surface area contributed by atoms with Crippen LogP contribution in [0.2, 0.25) is 10.0 Å². The summed E-state index contributed by atoms with van der Waals surface area (Å²) in [6.07, 6.45) is 0.163. The van der Waals surface area contributed by atoms with Crippen molar-refractivity contribution in [2.24, 2.45) is 0 Å². The highest BCUT2D eigenvalue weighted by atomic mass is 79.9. The quantitative estimate of drug-likeness (QED) is 0.327. The van der Waals surface area contributed by atoms with Gasteiger partial charge in [-0.3, -0.25) is 9.59 Å². The van der Waals surface area contributed by atoms with Crippen LogP contribution in [-0.4, -0.2) is 23.3 Å². The minimum atomic E-state index is -0.285. The highest BCUT2D eigenvalue weighted by Gasteiger charge is 2.30. The lowest BCUT2D eigenvalue weighted by atomic mass is 10.0. The first-order chi connectivity index (χ1) is 15.9. The zero-order valence-corrected chi connectivity index (χ0v) is 20.4. The number of carbonyl (C=O) groups is 2. The maximum atomic E-state index is 13.4. The van der Waals surface area contributed by atoms with E-state index in [2.05, 4.69) is 26.2 Å². The molecule has 5 nitrogen and oxygen atoms in total. The lowest BCUT2D eigenvalue weighted by molar-refractivity contribution is -0.123. The van der Waals surface area contributed by atoms with Gasteiger partial charge < -0.3 is 15.2 Å². The number of H-pyrrole nitrogens is 1. The molecule has 1 aromatic heterocycles. The Balaban J connectivity index is 1.49. The van der Waals surface area contributed by atoms with Crippen LogP contribution in [0.3, 0.4) is 0 Å². The van der Waals surface area contributed by atoms with E-state index >= 15 is 0 Å². The summed E-state index contributed by atoms with van der Waals surface area (Å²) < 4.78 is 0.931. The number of amides is 2. The van der Waals surface area contributed by atoms with Crippen molar-refractivity contribution < 1.29 is 9.59 Å². The molecule has 0 fully saturated rings. The maximum Gasteiger partial charge on any atom is 0.240 e. The molecule has 0 saturated heterocycles. The Labute approximate surface area is 208 Å². The number of nitrogens with one attached hydrogen (secondary N) is 2. The van der Waals surface area contributed by atoms with Crippen LogP contribution in [0.4, 0.5) is 5.69 Å². The molecule has 4 aromatic rings. The smallest absolute Gasteiger partial charge is 0.240 e. The first kappa shape index (κ1) is 22.0. The van der Waals surface area contributed by atoms with E-state index in [0.29, 0.717) is 15.7 Å². The molecule has 0 radical (unpaired) electrons. The summed E-state index contributed by atoms with van der Waals surface area (Å²) in [4.78, 5) is 31.2. The molecule has 33 heavy (non-hydrogen) atoms. The lowest BCUT2D eigenvalue weighted by Gasteiger charge is -2.23. The van der Waals surface area contributed by atoms with Gasteiger partial charge in [-0.15, -0.1) is 0 Å². The molecule has 0 unspecified atom stereocenters. The van der Waals surface area contributed by atoms with E-state index in [0.717, 1.165) is 37.8 Å². The number of aromatic nitrogens is 1. The number of hydrogen-bond acceptors (Lipinski definition) is 2. The summed E-state index contributed by atoms with van der Waals surface area (Å²) >= 11 is 16.0. The molecule has 0 aliphatic carbocycles. The zero-order valence-electron chi connectivity index (χ0n) is 17.3. The average molecular weight is 543 g/mol. The Hall–Kier alpha value is -2.80. The largest absolute Gasteiger partial charge is 0.354 e. The predicted molar refractivity (Wildman–Crippen MR) is 136 cm³/mol. The number of nitrogens with zero attached hydrogens (tertiary/aromatic N) is 1. The first-order valence-electron chi connectivity index (χ1n) is 10.3. The van der Waals surface area contributed by atoms with E-state index in [1.54, 1.807) is 18.2 Å². The number of benzene rings is 3. The van der Waals surface area contributed by atoms with Crippen molar-refractivity contribution in [3.63, 3.8) is 0 Å². The van der Waals surface area contributed by atoms with E-state index in [4.69, 9.17) is 23.2 Å². The number of halogens is 3. The van der Waals surface area contributed by atoms with Gasteiger partial charge in [0.1, 0.15) is 6.54 Å². The molecule has 1 aliphatic rings. The molecule has 1 aliphatic heterocycles. The van der Waals surface area contributed by atoms with Gasteiger partial charge in [0.25, 0.3) is 0 Å². The van der Waals surface area contributed by atoms with Crippen LogP contribution in [0.15, 0.2) is 65.1 Å². The molecule has 0 saturated carbocycles. The van der Waals surface area contributed by atoms with Crippen molar-refractivity contribution in [2.45, 2.75) is 13.0 Å². The predicted octanol–water partition coefficient (Wildman–Crippen LogP) is 6.11. The highest BCUT2D eigenvalue weighted by Crippen LogP contribution is 2.41. The number of hydrogen-bond donors (Lipinski definition) is 2. The van der Waals surface area contributed by atoms with Gasteiger partial charge in [-0.2, -0.15) is 0 Å². The normalized spacial score (nSPS) is 12.9. The van der Waals surface area contributed by atoms with Crippen LogP contribution in [0.5, 0.6) is 0 Å². The molecule has 2 amide bonds. The second-order valence-corrected chi connectivity index (χ2v) is 9.61. The summed E-state index contributed by atoms with van der Waals surface area (Å²) in [5, 5.41) is 4.90. The molecule has 8 heteroatoms. The third-order valence-electron chi connectivity index (χ3n) is 5.75. The van der Waals surface area contributed by atoms with Gasteiger partial charge in [0, 0.05) is 37.5 Å². The Kier molecular flexibility index (Phi) is 5.91. The SMILES string of the molecule is O=C(CN1C(=O)Cc2c([nH]c3ccc(Br)cc23)-c2ccc(Cl)cc21)NCc1ccccc1Cl. The van der Waals surface area contributed by atoms with Gasteiger partial charge in [-0.25, -0.2) is 0 Å². The van der Waals surface area contributed by atoms with E-state index in [-0.39, 0.29) is 31.3 Å². The van der Waals surface area contributed by atoms with Gasteiger partial charge in [-0.1, -0.05) is 57.3 Å². The summed E-state index contributed by atoms with van der Waals surface area (Å²) in [6, 6.07) is 18.7. The van der Waals surface area contributed by atoms with Gasteiger partial charge >= 0.3 is 0 Å². The minimum absolute atomic E-state index is 0.122. The Bertz CT molecular complexity index is 1420. The summed E-state index contributed by atoms with van der Waals surface area (Å²) in [7, 11) is 0. The number of fused-ring (bicyclic) bond motifs is 5. The average Bonchev–Trinajstić information content (AvgIpc) is 3.09. The van der Waals surface area contributed by atoms with Gasteiger partial charge in [0.2, 0.25) is 11.8 Å². The molecule has 0 bridgehead atoms. The topological polar surface area (TPSA) is 65.2 Å². The van der Waals surface area contributed by atoms with Gasteiger partial charge in [0.15, 0.2) is 0 Å². The summed E-state index contributed by atoms with van der Waals surface area (Å²) in [6.45, 7) is 0.156. The molecular weight excluding hydrogens is 525 g/mol. The van der Waals surface area contributed by atoms with Gasteiger partial charge in [-0.05, 0) is 53.6 Å². The lowest BCUT2D eigenvalue weighted by Crippen LogP contribution is -2.41. The Morgan fingerprint density at radius 1 is 1.09 bits per heavy atom. The first-order valence-corrected chi connectivity index (χ1v) is 11.9. The highest BCUT2D eigenvalue weighted by molar-refractivity contribution is 9.10. The van der Waals surface area contributed by atoms with Crippen molar-refractivity contribution in [2.75, 3.05) is 11.4 Å². The third-order valence-corrected chi connectivity index (χ3v) is 6.85. The second-order valence-electron chi connectivity index (χ2n) is 7.85. The molecule has 0 atom stereocenters. The van der Waals surface area contributed by atoms with Gasteiger partial charge in [0.05, 0.1) is 17.8 Å². The monoisotopic (exact) mass is 541 g/mol. The molecule has 166 valence electrons. The fraction of sp³-hybridized carbons (Fsp3) is 0.120. The fourth-order valence-corrected chi connectivity index (χ4v) is 4.89. The minimum Gasteiger partial charge on any atom is -0.354 e. The van der Waals surface area contributed by atoms with Crippen molar-refractivity contribution >= 4 is 67.5 Å². The van der Waals surface area contributed by atoms with Crippen LogP contribution in [0, 0.1) is 0 Å². The molecular formula is C25H18BrCl2N3O2. The second kappa shape index (κ2) is 8.86. The third kappa shape index (κ3) is 4.26. The zero-order chi connectivity index (χ0) is 23.1. The number of aromatic amines is 1. The van der Waals surface area contributed by atoms with Crippen molar-refractivity contribution in [3.05, 3.63) is 86.3 Å². The summed E-state index contributed by atoms with van der Waals surface area (Å²) in [5.74, 6) is -0.460. The molecule has 2 heterocycles. The Morgan fingerprint density at radius 2 is 1.91 bits per heavy atom. The Morgan fingerprint density at radius 3 is 2.73 bits per heavy atom. The molecule has 5 rings (SSSR count). The molecule has 0 spiro atoms. The van der Waals surface area contributed by atoms with Crippen LogP contribution in [0.25, 0.3) is 22.2 Å². The van der Waals surface area contributed by atoms with E-state index in [1.807, 2.05) is 42.5 Å². The fourth-order valence-electron chi connectivity index (χ4n) is 4.16. The van der Waals surface area contributed by atoms with E-state index in [9.17, 15) is 9.59 Å². The van der Waals surface area contributed by atoms with Crippen LogP contribution < -0.4 is 10.2 Å². The molecule has 2 N–H and O–H groups in total. The number of carbonyl (C=O) groups excluding carboxylic acids is 2. The molecule has 3 aromatic carbocycles. The number of rotatable bonds is 4. The van der Waals surface area contributed by atoms with Crippen LogP contribution in [0.1, 0.15) is 11.1 Å². The van der Waals surface area contributed by atoms with Crippen molar-refractivity contribution in [1.82, 2.24) is 10.3 Å². The van der Waals surface area contributed by atoms with E-state index in [1.165, 1.54) is 4.90 Å². The van der Waals surface area contributed by atoms with Crippen LogP contribution >= 0.6 is 39.1 Å².